The smallest absolute Gasteiger partial charge is 0.311 e. The molecule has 0 N–H and O–H groups in total. The Bertz CT molecular complexity index is 531. The van der Waals surface area contributed by atoms with E-state index in [4.69, 9.17) is 4.74 Å². The quantitative estimate of drug-likeness (QED) is 0.442. The Labute approximate surface area is 155 Å². The van der Waals surface area contributed by atoms with Crippen LogP contribution in [0.15, 0.2) is 24.3 Å². The summed E-state index contributed by atoms with van der Waals surface area (Å²) in [5, 5.41) is 0. The van der Waals surface area contributed by atoms with Gasteiger partial charge in [-0.05, 0) is 45.1 Å². The van der Waals surface area contributed by atoms with Crippen molar-refractivity contribution >= 4 is 5.97 Å². The number of hydrogen-bond donors (Lipinski definition) is 0. The molecule has 1 aromatic carbocycles. The maximum absolute atomic E-state index is 12.6. The molecule has 0 aromatic heterocycles. The molecule has 3 nitrogen and oxygen atoms in total. The third-order valence-electron chi connectivity index (χ3n) is 5.06. The number of ether oxygens (including phenoxy) is 1. The Kier molecular flexibility index (Phi) is 8.14. The average molecular weight is 349 g/mol. The normalized spacial score (nSPS) is 13.6. The third kappa shape index (κ3) is 7.60. The number of carbonyl (C=O) groups is 1. The summed E-state index contributed by atoms with van der Waals surface area (Å²) in [7, 11) is 4.40. The number of rotatable bonds is 10. The molecule has 0 aliphatic rings. The van der Waals surface area contributed by atoms with Crippen LogP contribution in [0.4, 0.5) is 0 Å². The van der Waals surface area contributed by atoms with Crippen molar-refractivity contribution in [2.45, 2.75) is 59.8 Å². The summed E-state index contributed by atoms with van der Waals surface area (Å²) in [5.41, 5.74) is 2.08. The predicted molar refractivity (Wildman–Crippen MR) is 106 cm³/mol. The van der Waals surface area contributed by atoms with Gasteiger partial charge in [0.05, 0.1) is 26.1 Å². The molecule has 0 saturated carbocycles. The van der Waals surface area contributed by atoms with Crippen LogP contribution in [0.5, 0.6) is 0 Å². The van der Waals surface area contributed by atoms with Gasteiger partial charge >= 0.3 is 5.97 Å². The molecule has 0 radical (unpaired) electrons. The molecule has 0 spiro atoms. The van der Waals surface area contributed by atoms with Crippen LogP contribution in [0, 0.1) is 12.3 Å². The lowest BCUT2D eigenvalue weighted by molar-refractivity contribution is -0.890. The zero-order valence-electron chi connectivity index (χ0n) is 17.4. The van der Waals surface area contributed by atoms with Gasteiger partial charge in [-0.2, -0.15) is 0 Å². The minimum atomic E-state index is -0.467. The highest BCUT2D eigenvalue weighted by molar-refractivity contribution is 5.76. The van der Waals surface area contributed by atoms with Crippen LogP contribution < -0.4 is 0 Å². The highest BCUT2D eigenvalue weighted by Gasteiger charge is 2.32. The molecule has 1 aromatic rings. The van der Waals surface area contributed by atoms with E-state index in [1.807, 2.05) is 13.8 Å². The first-order chi connectivity index (χ1) is 11.6. The summed E-state index contributed by atoms with van der Waals surface area (Å²) in [5.74, 6) is 0.252. The van der Waals surface area contributed by atoms with Crippen LogP contribution in [0.25, 0.3) is 0 Å². The van der Waals surface area contributed by atoms with E-state index >= 15 is 0 Å². The Morgan fingerprint density at radius 1 is 1.16 bits per heavy atom. The van der Waals surface area contributed by atoms with E-state index in [2.05, 4.69) is 59.1 Å². The average Bonchev–Trinajstić information content (AvgIpc) is 2.52. The van der Waals surface area contributed by atoms with Gasteiger partial charge in [0, 0.05) is 0 Å². The van der Waals surface area contributed by atoms with Gasteiger partial charge in [0.25, 0.3) is 0 Å². The molecule has 0 saturated heterocycles. The van der Waals surface area contributed by atoms with E-state index in [1.165, 1.54) is 24.0 Å². The second-order valence-corrected chi connectivity index (χ2v) is 8.77. The van der Waals surface area contributed by atoms with Crippen LogP contribution in [-0.4, -0.2) is 44.2 Å². The van der Waals surface area contributed by atoms with Gasteiger partial charge in [-0.3, -0.25) is 4.79 Å². The third-order valence-corrected chi connectivity index (χ3v) is 5.06. The molecule has 1 atom stereocenters. The summed E-state index contributed by atoms with van der Waals surface area (Å²) in [4.78, 5) is 12.6. The first kappa shape index (κ1) is 21.7. The number of hydrogen-bond acceptors (Lipinski definition) is 2. The molecule has 142 valence electrons. The number of nitrogens with zero attached hydrogens (tertiary/aromatic N) is 1. The lowest BCUT2D eigenvalue weighted by Gasteiger charge is -2.31. The number of quaternary nitrogens is 1. The maximum Gasteiger partial charge on any atom is 0.311 e. The van der Waals surface area contributed by atoms with Crippen LogP contribution in [-0.2, 0) is 9.53 Å². The van der Waals surface area contributed by atoms with E-state index < -0.39 is 5.41 Å². The summed E-state index contributed by atoms with van der Waals surface area (Å²) in [6.07, 6.45) is 3.20. The van der Waals surface area contributed by atoms with Crippen LogP contribution in [0.3, 0.4) is 0 Å². The van der Waals surface area contributed by atoms with Crippen molar-refractivity contribution in [1.29, 1.82) is 0 Å². The van der Waals surface area contributed by atoms with Gasteiger partial charge in [-0.25, -0.2) is 0 Å². The maximum atomic E-state index is 12.6. The van der Waals surface area contributed by atoms with Crippen molar-refractivity contribution in [3.8, 4) is 0 Å². The number of esters is 1. The lowest BCUT2D eigenvalue weighted by atomic mass is 9.80. The predicted octanol–water partition coefficient (Wildman–Crippen LogP) is 4.93. The van der Waals surface area contributed by atoms with Gasteiger partial charge < -0.3 is 9.22 Å². The molecular formula is C22H38NO2+. The van der Waals surface area contributed by atoms with Crippen molar-refractivity contribution < 1.29 is 14.0 Å². The standard InChI is InChI=1S/C22H38NO2/c1-8-9-14-23(6,7)15-16-25-21(24)22(4,5)17-19(3)20-12-10-18(2)11-13-20/h10-13,19H,8-9,14-17H2,1-7H3/q+1. The molecule has 3 heteroatoms. The zero-order valence-corrected chi connectivity index (χ0v) is 17.4. The van der Waals surface area contributed by atoms with Gasteiger partial charge in [-0.1, -0.05) is 50.1 Å². The second-order valence-electron chi connectivity index (χ2n) is 8.77. The molecule has 1 unspecified atom stereocenters. The van der Waals surface area contributed by atoms with E-state index in [0.29, 0.717) is 12.5 Å². The Morgan fingerprint density at radius 2 is 1.76 bits per heavy atom. The molecule has 0 fully saturated rings. The SMILES string of the molecule is CCCC[N+](C)(C)CCOC(=O)C(C)(C)CC(C)c1ccc(C)cc1. The number of unbranched alkanes of at least 4 members (excludes halogenated alkanes) is 1. The van der Waals surface area contributed by atoms with Gasteiger partial charge in [0.15, 0.2) is 0 Å². The summed E-state index contributed by atoms with van der Waals surface area (Å²) >= 11 is 0. The zero-order chi connectivity index (χ0) is 19.1. The Morgan fingerprint density at radius 3 is 2.32 bits per heavy atom. The van der Waals surface area contributed by atoms with Crippen molar-refractivity contribution in [2.75, 3.05) is 33.8 Å². The minimum absolute atomic E-state index is 0.0815. The van der Waals surface area contributed by atoms with E-state index in [9.17, 15) is 4.79 Å². The summed E-state index contributed by atoms with van der Waals surface area (Å²) < 4.78 is 6.53. The molecule has 0 heterocycles. The second kappa shape index (κ2) is 9.38. The van der Waals surface area contributed by atoms with Gasteiger partial charge in [0.1, 0.15) is 13.2 Å². The van der Waals surface area contributed by atoms with Crippen LogP contribution >= 0.6 is 0 Å². The molecule has 0 amide bonds. The van der Waals surface area contributed by atoms with Crippen molar-refractivity contribution in [3.05, 3.63) is 35.4 Å². The first-order valence-electron chi connectivity index (χ1n) is 9.63. The fraction of sp³-hybridized carbons (Fsp3) is 0.682. The number of aryl methyl sites for hydroxylation is 1. The highest BCUT2D eigenvalue weighted by atomic mass is 16.5. The van der Waals surface area contributed by atoms with E-state index in [-0.39, 0.29) is 5.97 Å². The monoisotopic (exact) mass is 348 g/mol. The van der Waals surface area contributed by atoms with Crippen LogP contribution in [0.2, 0.25) is 0 Å². The first-order valence-corrected chi connectivity index (χ1v) is 9.63. The number of likely N-dealkylation sites (N-methyl/N-ethyl adjacent to an activating group) is 1. The van der Waals surface area contributed by atoms with Crippen molar-refractivity contribution in [3.63, 3.8) is 0 Å². The largest absolute Gasteiger partial charge is 0.459 e. The van der Waals surface area contributed by atoms with E-state index in [0.717, 1.165) is 24.0 Å². The van der Waals surface area contributed by atoms with Crippen molar-refractivity contribution in [2.24, 2.45) is 5.41 Å². The summed E-state index contributed by atoms with van der Waals surface area (Å²) in [6.45, 7) is 13.0. The number of carbonyl (C=O) groups excluding carboxylic acids is 1. The molecule has 0 aliphatic heterocycles. The summed E-state index contributed by atoms with van der Waals surface area (Å²) in [6, 6.07) is 8.59. The fourth-order valence-corrected chi connectivity index (χ4v) is 3.14. The van der Waals surface area contributed by atoms with Crippen molar-refractivity contribution in [1.82, 2.24) is 0 Å². The Balaban J connectivity index is 2.51. The molecule has 1 rings (SSSR count). The van der Waals surface area contributed by atoms with Gasteiger partial charge in [0.2, 0.25) is 0 Å². The lowest BCUT2D eigenvalue weighted by Crippen LogP contribution is -2.43. The highest BCUT2D eigenvalue weighted by Crippen LogP contribution is 2.32. The number of benzene rings is 1. The molecular weight excluding hydrogens is 310 g/mol. The topological polar surface area (TPSA) is 26.3 Å². The minimum Gasteiger partial charge on any atom is -0.459 e. The molecule has 25 heavy (non-hydrogen) atoms. The molecule has 0 aliphatic carbocycles. The fourth-order valence-electron chi connectivity index (χ4n) is 3.14. The van der Waals surface area contributed by atoms with Crippen LogP contribution in [0.1, 0.15) is 64.0 Å². The van der Waals surface area contributed by atoms with E-state index in [1.54, 1.807) is 0 Å². The van der Waals surface area contributed by atoms with Gasteiger partial charge in [-0.15, -0.1) is 0 Å². The molecule has 0 bridgehead atoms. The Hall–Kier alpha value is -1.35.